The van der Waals surface area contributed by atoms with Crippen molar-refractivity contribution in [1.29, 1.82) is 0 Å². The Labute approximate surface area is 178 Å². The molecule has 0 aromatic carbocycles. The molecule has 0 aliphatic heterocycles. The molecule has 0 saturated heterocycles. The molecule has 30 heavy (non-hydrogen) atoms. The lowest BCUT2D eigenvalue weighted by Gasteiger charge is -2.34. The van der Waals surface area contributed by atoms with Crippen LogP contribution in [0.3, 0.4) is 0 Å². The molecule has 3 aromatic rings. The summed E-state index contributed by atoms with van der Waals surface area (Å²) in [6.45, 7) is 17.6. The highest BCUT2D eigenvalue weighted by atomic mass is 16.1. The van der Waals surface area contributed by atoms with Gasteiger partial charge in [-0.25, -0.2) is 0 Å². The third-order valence-corrected chi connectivity index (χ3v) is 4.82. The number of nitrogens with zero attached hydrogens (tertiary/aromatic N) is 3. The van der Waals surface area contributed by atoms with Crippen LogP contribution in [0.2, 0.25) is 0 Å². The van der Waals surface area contributed by atoms with Gasteiger partial charge in [-0.3, -0.25) is 9.78 Å². The summed E-state index contributed by atoms with van der Waals surface area (Å²) < 4.78 is 1.81. The second-order valence-electron chi connectivity index (χ2n) is 10.9. The first-order valence-electron chi connectivity index (χ1n) is 10.4. The number of nitrogens with one attached hydrogen (secondary N) is 3. The molecule has 0 spiro atoms. The fourth-order valence-corrected chi connectivity index (χ4v) is 4.07. The summed E-state index contributed by atoms with van der Waals surface area (Å²) in [4.78, 5) is 20.4. The van der Waals surface area contributed by atoms with E-state index in [9.17, 15) is 4.79 Å². The fourth-order valence-electron chi connectivity index (χ4n) is 4.07. The standard InChI is InChI=1S/C23H34N6O/c1-21(2,3)14-23(7,8)28-19-17(22(4,5)6)27-18-16(13-25-29(18)19)20(30)26-15-9-11-24-12-10-15/h9-13,27-28H,14H2,1-8H3,(H,24,26,30). The van der Waals surface area contributed by atoms with Gasteiger partial charge in [0, 0.05) is 29.0 Å². The van der Waals surface area contributed by atoms with Crippen LogP contribution in [0.1, 0.15) is 77.9 Å². The molecule has 3 rings (SSSR count). The largest absolute Gasteiger partial charge is 0.364 e. The number of anilines is 2. The predicted molar refractivity (Wildman–Crippen MR) is 122 cm³/mol. The van der Waals surface area contributed by atoms with E-state index in [1.165, 1.54) is 0 Å². The molecule has 162 valence electrons. The Hall–Kier alpha value is -2.83. The van der Waals surface area contributed by atoms with E-state index >= 15 is 0 Å². The van der Waals surface area contributed by atoms with Gasteiger partial charge in [0.1, 0.15) is 17.0 Å². The van der Waals surface area contributed by atoms with Gasteiger partial charge in [0.25, 0.3) is 5.91 Å². The molecule has 0 aliphatic rings. The zero-order chi connectivity index (χ0) is 22.3. The number of hydrogen-bond donors (Lipinski definition) is 3. The maximum absolute atomic E-state index is 12.9. The zero-order valence-electron chi connectivity index (χ0n) is 19.3. The maximum Gasteiger partial charge on any atom is 0.261 e. The normalized spacial score (nSPS) is 12.9. The van der Waals surface area contributed by atoms with Crippen LogP contribution in [0.5, 0.6) is 0 Å². The van der Waals surface area contributed by atoms with Crippen LogP contribution < -0.4 is 10.6 Å². The Morgan fingerprint density at radius 3 is 2.27 bits per heavy atom. The summed E-state index contributed by atoms with van der Waals surface area (Å²) in [6.07, 6.45) is 5.88. The molecule has 0 fully saturated rings. The van der Waals surface area contributed by atoms with Crippen LogP contribution >= 0.6 is 0 Å². The number of carbonyl (C=O) groups is 1. The average molecular weight is 411 g/mol. The molecule has 0 bridgehead atoms. The molecule has 0 atom stereocenters. The first kappa shape index (κ1) is 21.9. The number of hydrogen-bond acceptors (Lipinski definition) is 4. The van der Waals surface area contributed by atoms with Crippen LogP contribution in [0, 0.1) is 5.41 Å². The average Bonchev–Trinajstić information content (AvgIpc) is 3.13. The number of rotatable bonds is 5. The van der Waals surface area contributed by atoms with Gasteiger partial charge < -0.3 is 15.6 Å². The lowest BCUT2D eigenvalue weighted by atomic mass is 9.81. The summed E-state index contributed by atoms with van der Waals surface area (Å²) in [7, 11) is 0. The minimum absolute atomic E-state index is 0.153. The Bertz CT molecular complexity index is 1030. The first-order valence-corrected chi connectivity index (χ1v) is 10.4. The van der Waals surface area contributed by atoms with Crippen molar-refractivity contribution in [2.75, 3.05) is 10.6 Å². The van der Waals surface area contributed by atoms with Gasteiger partial charge >= 0.3 is 0 Å². The third-order valence-electron chi connectivity index (χ3n) is 4.82. The molecule has 7 nitrogen and oxygen atoms in total. The van der Waals surface area contributed by atoms with Gasteiger partial charge in [-0.05, 0) is 37.8 Å². The molecule has 7 heteroatoms. The lowest BCUT2D eigenvalue weighted by Crippen LogP contribution is -2.36. The van der Waals surface area contributed by atoms with Gasteiger partial charge in [-0.2, -0.15) is 9.61 Å². The maximum atomic E-state index is 12.9. The molecule has 3 heterocycles. The highest BCUT2D eigenvalue weighted by Crippen LogP contribution is 2.35. The minimum atomic E-state index is -0.210. The van der Waals surface area contributed by atoms with Gasteiger partial charge in [0.05, 0.1) is 11.9 Å². The fraction of sp³-hybridized carbons (Fsp3) is 0.522. The second-order valence-corrected chi connectivity index (χ2v) is 10.9. The van der Waals surface area contributed by atoms with Crippen LogP contribution in [-0.2, 0) is 5.41 Å². The smallest absolute Gasteiger partial charge is 0.261 e. The van der Waals surface area contributed by atoms with E-state index in [2.05, 4.69) is 81.1 Å². The van der Waals surface area contributed by atoms with Crippen LogP contribution in [0.25, 0.3) is 5.65 Å². The van der Waals surface area contributed by atoms with E-state index in [0.29, 0.717) is 16.9 Å². The van der Waals surface area contributed by atoms with Gasteiger partial charge in [0.2, 0.25) is 0 Å². The Morgan fingerprint density at radius 1 is 1.07 bits per heavy atom. The molecule has 0 aliphatic carbocycles. The van der Waals surface area contributed by atoms with E-state index in [1.54, 1.807) is 30.7 Å². The molecule has 1 amide bonds. The van der Waals surface area contributed by atoms with Crippen LogP contribution in [0.4, 0.5) is 11.5 Å². The summed E-state index contributed by atoms with van der Waals surface area (Å²) >= 11 is 0. The highest BCUT2D eigenvalue weighted by Gasteiger charge is 2.32. The van der Waals surface area contributed by atoms with E-state index < -0.39 is 0 Å². The molecular weight excluding hydrogens is 376 g/mol. The second kappa shape index (κ2) is 7.45. The molecule has 3 N–H and O–H groups in total. The number of fused-ring (bicyclic) bond motifs is 1. The highest BCUT2D eigenvalue weighted by molar-refractivity contribution is 6.08. The number of imidazole rings is 1. The first-order chi connectivity index (χ1) is 13.8. The van der Waals surface area contributed by atoms with Crippen molar-refractivity contribution >= 4 is 23.1 Å². The number of pyridine rings is 1. The van der Waals surface area contributed by atoms with Gasteiger partial charge in [-0.15, -0.1) is 0 Å². The zero-order valence-corrected chi connectivity index (χ0v) is 19.3. The third kappa shape index (κ3) is 4.83. The Kier molecular flexibility index (Phi) is 5.43. The van der Waals surface area contributed by atoms with Crippen LogP contribution in [0.15, 0.2) is 30.7 Å². The minimum Gasteiger partial charge on any atom is -0.364 e. The molecule has 0 radical (unpaired) electrons. The van der Waals surface area contributed by atoms with Crippen LogP contribution in [-0.4, -0.2) is 31.0 Å². The van der Waals surface area contributed by atoms with Crippen molar-refractivity contribution in [1.82, 2.24) is 19.6 Å². The van der Waals surface area contributed by atoms with E-state index in [-0.39, 0.29) is 22.3 Å². The monoisotopic (exact) mass is 410 g/mol. The van der Waals surface area contributed by atoms with E-state index in [4.69, 9.17) is 0 Å². The van der Waals surface area contributed by atoms with Crippen molar-refractivity contribution in [2.24, 2.45) is 5.41 Å². The number of aromatic amines is 1. The Balaban J connectivity index is 2.02. The van der Waals surface area contributed by atoms with Crippen molar-refractivity contribution in [3.8, 4) is 0 Å². The summed E-state index contributed by atoms with van der Waals surface area (Å²) in [5.74, 6) is 0.688. The van der Waals surface area contributed by atoms with Crippen molar-refractivity contribution < 1.29 is 4.79 Å². The van der Waals surface area contributed by atoms with Crippen molar-refractivity contribution in [2.45, 2.75) is 72.8 Å². The molecule has 3 aromatic heterocycles. The summed E-state index contributed by atoms with van der Waals surface area (Å²) in [6, 6.07) is 3.52. The molecule has 0 unspecified atom stereocenters. The number of carbonyl (C=O) groups excluding carboxylic acids is 1. The number of amides is 1. The SMILES string of the molecule is CC(C)(C)CC(C)(C)Nc1c(C(C)(C)C)[nH]c2c(C(=O)Nc3ccncc3)cnn12. The summed E-state index contributed by atoms with van der Waals surface area (Å²) in [5.41, 5.74) is 2.76. The number of H-pyrrole nitrogens is 1. The van der Waals surface area contributed by atoms with E-state index in [0.717, 1.165) is 17.9 Å². The van der Waals surface area contributed by atoms with E-state index in [1.807, 2.05) is 4.52 Å². The Morgan fingerprint density at radius 2 is 1.70 bits per heavy atom. The van der Waals surface area contributed by atoms with Crippen molar-refractivity contribution in [3.05, 3.63) is 42.0 Å². The summed E-state index contributed by atoms with van der Waals surface area (Å²) in [5, 5.41) is 11.2. The topological polar surface area (TPSA) is 87.1 Å². The predicted octanol–water partition coefficient (Wildman–Crippen LogP) is 5.23. The van der Waals surface area contributed by atoms with Gasteiger partial charge in [-0.1, -0.05) is 41.5 Å². The molecule has 0 saturated carbocycles. The molecular formula is C23H34N6O. The quantitative estimate of drug-likeness (QED) is 0.537. The van der Waals surface area contributed by atoms with Gasteiger partial charge in [0.15, 0.2) is 0 Å². The number of aromatic nitrogens is 4. The lowest BCUT2D eigenvalue weighted by molar-refractivity contribution is 0.102. The van der Waals surface area contributed by atoms with Crippen molar-refractivity contribution in [3.63, 3.8) is 0 Å².